The molecule has 2 aromatic heterocycles. The van der Waals surface area contributed by atoms with Crippen LogP contribution in [0.25, 0.3) is 11.1 Å². The van der Waals surface area contributed by atoms with Crippen LogP contribution in [-0.4, -0.2) is 67.1 Å². The molecule has 1 saturated carbocycles. The zero-order valence-electron chi connectivity index (χ0n) is 21.7. The van der Waals surface area contributed by atoms with Crippen LogP contribution in [-0.2, 0) is 17.6 Å². The zero-order valence-corrected chi connectivity index (χ0v) is 21.7. The Morgan fingerprint density at radius 3 is 2.69 bits per heavy atom. The highest BCUT2D eigenvalue weighted by molar-refractivity contribution is 5.88. The van der Waals surface area contributed by atoms with Gasteiger partial charge in [0.05, 0.1) is 18.9 Å². The molecule has 0 amide bonds. The fourth-order valence-corrected chi connectivity index (χ4v) is 5.61. The van der Waals surface area contributed by atoms with E-state index in [1.54, 1.807) is 0 Å². The fourth-order valence-electron chi connectivity index (χ4n) is 5.61. The first-order valence-corrected chi connectivity index (χ1v) is 13.4. The van der Waals surface area contributed by atoms with Gasteiger partial charge in [0.2, 0.25) is 5.71 Å². The number of aromatic nitrogens is 1. The first-order valence-electron chi connectivity index (χ1n) is 13.4. The number of fused-ring (bicyclic) bond motifs is 3. The van der Waals surface area contributed by atoms with E-state index >= 15 is 0 Å². The summed E-state index contributed by atoms with van der Waals surface area (Å²) in [5.41, 5.74) is 5.26. The topological polar surface area (TPSA) is 66.1 Å². The van der Waals surface area contributed by atoms with Gasteiger partial charge in [-0.2, -0.15) is 4.98 Å². The quantitative estimate of drug-likeness (QED) is 0.381. The molecule has 1 unspecified atom stereocenters. The van der Waals surface area contributed by atoms with Crippen molar-refractivity contribution in [2.24, 2.45) is 10.9 Å². The van der Waals surface area contributed by atoms with Crippen molar-refractivity contribution in [3.05, 3.63) is 47.2 Å². The van der Waals surface area contributed by atoms with E-state index in [9.17, 15) is 0 Å². The zero-order chi connectivity index (χ0) is 24.6. The lowest BCUT2D eigenvalue weighted by Gasteiger charge is -2.37. The van der Waals surface area contributed by atoms with Crippen LogP contribution in [0, 0.1) is 12.8 Å². The molecule has 2 fully saturated rings. The maximum absolute atomic E-state index is 6.20. The van der Waals surface area contributed by atoms with Crippen molar-refractivity contribution in [1.82, 2.24) is 14.8 Å². The van der Waals surface area contributed by atoms with Crippen LogP contribution >= 0.6 is 0 Å². The number of hydrogen-bond donors (Lipinski definition) is 1. The molecule has 7 heteroatoms. The van der Waals surface area contributed by atoms with Gasteiger partial charge in [-0.3, -0.25) is 0 Å². The number of pyridine rings is 1. The molecule has 0 bridgehead atoms. The third-order valence-electron chi connectivity index (χ3n) is 8.14. The number of morpholine rings is 1. The summed E-state index contributed by atoms with van der Waals surface area (Å²) in [6.07, 6.45) is 6.90. The van der Waals surface area contributed by atoms with E-state index in [0.717, 1.165) is 79.6 Å². The summed E-state index contributed by atoms with van der Waals surface area (Å²) in [6, 6.07) is 11.2. The van der Waals surface area contributed by atoms with Crippen molar-refractivity contribution >= 4 is 34.1 Å². The number of rotatable bonds is 5. The molecule has 7 nitrogen and oxygen atoms in total. The van der Waals surface area contributed by atoms with E-state index in [-0.39, 0.29) is 0 Å². The molecule has 1 N–H and O–H groups in total. The van der Waals surface area contributed by atoms with Gasteiger partial charge in [-0.05, 0) is 76.5 Å². The number of nitrogens with one attached hydrogen (secondary N) is 1. The van der Waals surface area contributed by atoms with Gasteiger partial charge in [-0.1, -0.05) is 12.5 Å². The van der Waals surface area contributed by atoms with Gasteiger partial charge in [-0.25, -0.2) is 4.99 Å². The summed E-state index contributed by atoms with van der Waals surface area (Å²) < 4.78 is 11.8. The van der Waals surface area contributed by atoms with Crippen LogP contribution in [0.4, 0.5) is 17.2 Å². The number of aryl methyl sites for hydroxylation is 2. The molecule has 1 saturated heterocycles. The summed E-state index contributed by atoms with van der Waals surface area (Å²) in [4.78, 5) is 14.8. The summed E-state index contributed by atoms with van der Waals surface area (Å²) in [6.45, 7) is 5.56. The first-order chi connectivity index (χ1) is 17.5. The number of likely N-dealkylation sites (N-methyl/N-ethyl adjacent to an activating group) is 1. The second-order valence-corrected chi connectivity index (χ2v) is 10.7. The van der Waals surface area contributed by atoms with Crippen molar-refractivity contribution in [1.29, 1.82) is 0 Å². The highest BCUT2D eigenvalue weighted by atomic mass is 16.5. The van der Waals surface area contributed by atoms with Gasteiger partial charge in [0.1, 0.15) is 17.4 Å². The normalized spacial score (nSPS) is 21.1. The molecule has 1 aromatic carbocycles. The number of furan rings is 1. The maximum Gasteiger partial charge on any atom is 0.228 e. The number of hydrogen-bond acceptors (Lipinski definition) is 6. The summed E-state index contributed by atoms with van der Waals surface area (Å²) in [5, 5.41) is 4.64. The Morgan fingerprint density at radius 2 is 1.94 bits per heavy atom. The van der Waals surface area contributed by atoms with Crippen LogP contribution in [0.5, 0.6) is 0 Å². The third-order valence-corrected chi connectivity index (χ3v) is 8.14. The Balaban J connectivity index is 1.26. The SMILES string of the molecule is Cc1ccc(Nc2ccc3c4c(oc3n2)CCC(N(C)C)C4)cc1/N=C(\C1CCC1)N1CCOCC1. The van der Waals surface area contributed by atoms with Crippen molar-refractivity contribution in [2.45, 2.75) is 51.5 Å². The second-order valence-electron chi connectivity index (χ2n) is 10.7. The Hall–Kier alpha value is -2.90. The standard InChI is InChI=1S/C29H37N5O2/c1-19-7-8-21(17-25(19)31-28(20-5-4-6-20)34-13-15-35-16-14-34)30-27-12-10-23-24-18-22(33(2)3)9-11-26(24)36-29(23)32-27/h7-8,10,12,17,20,22H,4-6,9,11,13-16,18H2,1-3H3,(H,30,32)/b31-28+. The summed E-state index contributed by atoms with van der Waals surface area (Å²) in [7, 11) is 4.32. The minimum absolute atomic E-state index is 0.560. The van der Waals surface area contributed by atoms with Gasteiger partial charge in [0, 0.05) is 48.1 Å². The molecule has 36 heavy (non-hydrogen) atoms. The predicted molar refractivity (Wildman–Crippen MR) is 145 cm³/mol. The van der Waals surface area contributed by atoms with Crippen molar-refractivity contribution in [3.8, 4) is 0 Å². The number of benzene rings is 1. The highest BCUT2D eigenvalue weighted by Gasteiger charge is 2.29. The smallest absolute Gasteiger partial charge is 0.228 e. The number of anilines is 2. The lowest BCUT2D eigenvalue weighted by atomic mass is 9.83. The molecule has 2 aliphatic carbocycles. The summed E-state index contributed by atoms with van der Waals surface area (Å²) in [5.74, 6) is 3.71. The van der Waals surface area contributed by atoms with Crippen LogP contribution in [0.1, 0.15) is 42.6 Å². The molecule has 1 atom stereocenters. The van der Waals surface area contributed by atoms with E-state index < -0.39 is 0 Å². The predicted octanol–water partition coefficient (Wildman–Crippen LogP) is 5.46. The Kier molecular flexibility index (Phi) is 6.44. The Labute approximate surface area is 213 Å². The van der Waals surface area contributed by atoms with E-state index in [0.29, 0.717) is 12.0 Å². The maximum atomic E-state index is 6.20. The average molecular weight is 488 g/mol. The highest BCUT2D eigenvalue weighted by Crippen LogP contribution is 2.35. The van der Waals surface area contributed by atoms with Gasteiger partial charge < -0.3 is 24.3 Å². The van der Waals surface area contributed by atoms with Crippen LogP contribution in [0.3, 0.4) is 0 Å². The largest absolute Gasteiger partial charge is 0.442 e. The average Bonchev–Trinajstić information content (AvgIpc) is 3.22. The van der Waals surface area contributed by atoms with Gasteiger partial charge in [0.15, 0.2) is 0 Å². The number of amidine groups is 1. The third kappa shape index (κ3) is 4.62. The van der Waals surface area contributed by atoms with E-state index in [1.165, 1.54) is 36.2 Å². The van der Waals surface area contributed by atoms with Crippen molar-refractivity contribution in [3.63, 3.8) is 0 Å². The molecule has 1 aliphatic heterocycles. The minimum Gasteiger partial charge on any atom is -0.442 e. The fraction of sp³-hybridized carbons (Fsp3) is 0.517. The molecule has 6 rings (SSSR count). The molecule has 0 radical (unpaired) electrons. The molecular formula is C29H37N5O2. The van der Waals surface area contributed by atoms with Crippen molar-refractivity contribution < 1.29 is 9.15 Å². The molecule has 3 aliphatic rings. The number of aliphatic imine (C=N–C) groups is 1. The lowest BCUT2D eigenvalue weighted by molar-refractivity contribution is 0.0645. The molecule has 0 spiro atoms. The molecule has 3 heterocycles. The van der Waals surface area contributed by atoms with Gasteiger partial charge in [-0.15, -0.1) is 0 Å². The minimum atomic E-state index is 0.560. The molecule has 3 aromatic rings. The van der Waals surface area contributed by atoms with Crippen LogP contribution in [0.15, 0.2) is 39.7 Å². The second kappa shape index (κ2) is 9.87. The van der Waals surface area contributed by atoms with Crippen molar-refractivity contribution in [2.75, 3.05) is 45.7 Å². The van der Waals surface area contributed by atoms with E-state index in [2.05, 4.69) is 66.5 Å². The van der Waals surface area contributed by atoms with Crippen LogP contribution in [0.2, 0.25) is 0 Å². The molecule has 190 valence electrons. The van der Waals surface area contributed by atoms with E-state index in [1.807, 2.05) is 0 Å². The van der Waals surface area contributed by atoms with E-state index in [4.69, 9.17) is 19.1 Å². The van der Waals surface area contributed by atoms with Gasteiger partial charge in [0.25, 0.3) is 0 Å². The first kappa shape index (κ1) is 23.5. The van der Waals surface area contributed by atoms with Crippen LogP contribution < -0.4 is 5.32 Å². The lowest BCUT2D eigenvalue weighted by Crippen LogP contribution is -2.45. The monoisotopic (exact) mass is 487 g/mol. The molecular weight excluding hydrogens is 450 g/mol. The Morgan fingerprint density at radius 1 is 1.11 bits per heavy atom. The number of ether oxygens (including phenoxy) is 1. The number of nitrogens with zero attached hydrogens (tertiary/aromatic N) is 4. The summed E-state index contributed by atoms with van der Waals surface area (Å²) >= 11 is 0. The van der Waals surface area contributed by atoms with Gasteiger partial charge >= 0.3 is 0 Å². The Bertz CT molecular complexity index is 1270.